The predicted molar refractivity (Wildman–Crippen MR) is 165 cm³/mol. The van der Waals surface area contributed by atoms with Crippen LogP contribution < -0.4 is 0 Å². The lowest BCUT2D eigenvalue weighted by atomic mass is 9.91. The minimum Gasteiger partial charge on any atom is -0.381 e. The van der Waals surface area contributed by atoms with Crippen molar-refractivity contribution >= 4 is 54.8 Å². The lowest BCUT2D eigenvalue weighted by molar-refractivity contribution is 0.126. The first kappa shape index (κ1) is 26.7. The number of hydrogen-bond acceptors (Lipinski definition) is 2. The Morgan fingerprint density at radius 3 is 1.74 bits per heavy atom. The van der Waals surface area contributed by atoms with Crippen LogP contribution in [0.15, 0.2) is 54.6 Å². The maximum Gasteiger partial charge on any atom is 0.0511 e. The van der Waals surface area contributed by atoms with Gasteiger partial charge in [0.15, 0.2) is 0 Å². The molecule has 1 unspecified atom stereocenters. The molecule has 35 heavy (non-hydrogen) atoms. The molecule has 0 bridgehead atoms. The molecule has 3 heteroatoms. The monoisotopic (exact) mass is 510 g/mol. The summed E-state index contributed by atoms with van der Waals surface area (Å²) < 4.78 is 11.6. The summed E-state index contributed by atoms with van der Waals surface area (Å²) in [6.07, 6.45) is 17.0. The van der Waals surface area contributed by atoms with Crippen LogP contribution in [0.1, 0.15) is 82.6 Å². The van der Waals surface area contributed by atoms with Crippen LogP contribution in [-0.2, 0) is 11.2 Å². The van der Waals surface area contributed by atoms with Crippen LogP contribution in [0, 0.1) is 0 Å². The van der Waals surface area contributed by atoms with Gasteiger partial charge in [-0.25, -0.2) is 0 Å². The van der Waals surface area contributed by atoms with Crippen molar-refractivity contribution in [2.45, 2.75) is 83.5 Å². The van der Waals surface area contributed by atoms with E-state index < -0.39 is 0 Å². The molecule has 0 aromatic heterocycles. The lowest BCUT2D eigenvalue weighted by Gasteiger charge is -2.14. The zero-order valence-corrected chi connectivity index (χ0v) is 23.5. The van der Waals surface area contributed by atoms with Gasteiger partial charge in [-0.15, -0.1) is 0 Å². The van der Waals surface area contributed by atoms with Gasteiger partial charge in [-0.2, -0.15) is 22.5 Å². The first-order valence-electron chi connectivity index (χ1n) is 14.3. The van der Waals surface area contributed by atoms with Gasteiger partial charge in [-0.3, -0.25) is 0 Å². The Kier molecular flexibility index (Phi) is 12.0. The zero-order valence-electron chi connectivity index (χ0n) is 22.4. The van der Waals surface area contributed by atoms with Crippen LogP contribution in [0.2, 0.25) is 0 Å². The van der Waals surface area contributed by atoms with E-state index in [0.717, 1.165) is 31.8 Å². The molecular weight excluding hydrogens is 463 g/mol. The Bertz CT molecular complexity index is 1120. The first-order chi connectivity index (χ1) is 17.9. The van der Waals surface area contributed by atoms with Gasteiger partial charge in [0.2, 0.25) is 0 Å². The SMILES string of the molecule is SCCCCCCCCCCCCOCCCCc1ccc2ccc3cccc4ccc1c2c34.[3H]P. The van der Waals surface area contributed by atoms with Crippen molar-refractivity contribution < 1.29 is 4.74 Å². The quantitative estimate of drug-likeness (QED) is 0.0643. The molecule has 4 aromatic carbocycles. The van der Waals surface area contributed by atoms with Gasteiger partial charge in [0.25, 0.3) is 0 Å². The molecule has 0 aliphatic heterocycles. The third-order valence-electron chi connectivity index (χ3n) is 7.30. The topological polar surface area (TPSA) is 9.23 Å². The average Bonchev–Trinajstić information content (AvgIpc) is 2.93. The highest BCUT2D eigenvalue weighted by Crippen LogP contribution is 2.36. The summed E-state index contributed by atoms with van der Waals surface area (Å²) in [5.74, 6) is 1.05. The van der Waals surface area contributed by atoms with Crippen molar-refractivity contribution in [3.05, 3.63) is 60.2 Å². The van der Waals surface area contributed by atoms with Crippen LogP contribution in [0.5, 0.6) is 0 Å². The summed E-state index contributed by atoms with van der Waals surface area (Å²) in [6, 6.07) is 20.4. The predicted octanol–water partition coefficient (Wildman–Crippen LogP) is 9.81. The first-order valence-corrected chi connectivity index (χ1v) is 14.4. The molecule has 0 aliphatic carbocycles. The van der Waals surface area contributed by atoms with Crippen LogP contribution in [0.4, 0.5) is 0 Å². The molecule has 0 heterocycles. The van der Waals surface area contributed by atoms with E-state index in [0.29, 0.717) is 0 Å². The molecule has 190 valence electrons. The lowest BCUT2D eigenvalue weighted by Crippen LogP contribution is -1.98. The Morgan fingerprint density at radius 1 is 0.571 bits per heavy atom. The molecular formula is C32H45OPS. The molecule has 1 atom stereocenters. The maximum atomic E-state index is 5.93. The number of aryl methyl sites for hydroxylation is 1. The van der Waals surface area contributed by atoms with Crippen molar-refractivity contribution in [3.63, 3.8) is 0 Å². The minimum atomic E-state index is 0.901. The molecule has 0 radical (unpaired) electrons. The third-order valence-corrected chi connectivity index (χ3v) is 7.62. The number of unbranched alkanes of at least 4 members (excludes halogenated alkanes) is 10. The molecule has 0 saturated heterocycles. The van der Waals surface area contributed by atoms with Gasteiger partial charge < -0.3 is 4.74 Å². The van der Waals surface area contributed by atoms with Crippen LogP contribution in [-0.4, -0.2) is 20.2 Å². The van der Waals surface area contributed by atoms with E-state index in [1.807, 2.05) is 0 Å². The Hall–Kier alpha value is -1.34. The van der Waals surface area contributed by atoms with E-state index in [1.165, 1.54) is 109 Å². The van der Waals surface area contributed by atoms with E-state index in [9.17, 15) is 0 Å². The van der Waals surface area contributed by atoms with Crippen molar-refractivity contribution in [3.8, 4) is 0 Å². The van der Waals surface area contributed by atoms with E-state index in [2.05, 4.69) is 67.2 Å². The average molecular weight is 511 g/mol. The number of rotatable bonds is 17. The molecule has 0 fully saturated rings. The summed E-state index contributed by atoms with van der Waals surface area (Å²) >= 11 is 4.28. The van der Waals surface area contributed by atoms with Crippen molar-refractivity contribution in [2.75, 3.05) is 19.0 Å². The van der Waals surface area contributed by atoms with E-state index in [4.69, 9.17) is 6.02 Å². The highest BCUT2D eigenvalue weighted by atomic mass is 32.1. The van der Waals surface area contributed by atoms with Gasteiger partial charge in [-0.05, 0) is 75.7 Å². The number of benzene rings is 4. The van der Waals surface area contributed by atoms with Crippen LogP contribution in [0.25, 0.3) is 32.3 Å². The fraction of sp³-hybridized carbons (Fsp3) is 0.500. The molecule has 0 N–H and O–H groups in total. The second kappa shape index (κ2) is 15.7. The van der Waals surface area contributed by atoms with Crippen molar-refractivity contribution in [2.24, 2.45) is 0 Å². The second-order valence-electron chi connectivity index (χ2n) is 9.91. The fourth-order valence-corrected chi connectivity index (χ4v) is 5.59. The van der Waals surface area contributed by atoms with Gasteiger partial charge in [-0.1, -0.05) is 106 Å². The number of hydrogen-bond donors (Lipinski definition) is 1. The van der Waals surface area contributed by atoms with Crippen LogP contribution >= 0.6 is 22.5 Å². The van der Waals surface area contributed by atoms with Gasteiger partial charge in [0.05, 0.1) is 1.28 Å². The standard InChI is InChI=1S/C32H42OS.H3P/c34-25-12-8-6-4-2-1-3-5-7-10-23-33-24-11-9-14-26-17-18-29-20-19-27-15-13-16-28-21-22-30(26)32(29)31(27)28;/h13,15-22,34H,1-12,14,23-25H2;1H3/i;1T. The van der Waals surface area contributed by atoms with Gasteiger partial charge in [0.1, 0.15) is 0 Å². The number of thiol groups is 1. The fourth-order valence-electron chi connectivity index (χ4n) is 5.37. The largest absolute Gasteiger partial charge is 0.381 e. The van der Waals surface area contributed by atoms with Crippen molar-refractivity contribution in [1.29, 1.82) is 1.28 Å². The molecule has 0 aliphatic rings. The smallest absolute Gasteiger partial charge is 0.0511 e. The summed E-state index contributed by atoms with van der Waals surface area (Å²) in [5.41, 5.74) is 1.48. The minimum absolute atomic E-state index is 0.901. The Balaban J connectivity index is 0.00000176. The summed E-state index contributed by atoms with van der Waals surface area (Å²) in [7, 11) is 1.67. The highest BCUT2D eigenvalue weighted by molar-refractivity contribution is 7.80. The third kappa shape index (κ3) is 8.08. The second-order valence-corrected chi connectivity index (χ2v) is 10.4. The maximum absolute atomic E-state index is 5.93. The molecule has 0 spiro atoms. The van der Waals surface area contributed by atoms with Crippen LogP contribution in [0.3, 0.4) is 0 Å². The number of ether oxygens (including phenoxy) is 1. The molecule has 1 nitrogen and oxygen atoms in total. The van der Waals surface area contributed by atoms with Crippen molar-refractivity contribution in [1.82, 2.24) is 0 Å². The highest BCUT2D eigenvalue weighted by Gasteiger charge is 2.10. The van der Waals surface area contributed by atoms with E-state index in [1.54, 1.807) is 9.84 Å². The Morgan fingerprint density at radius 2 is 1.09 bits per heavy atom. The van der Waals surface area contributed by atoms with Gasteiger partial charge in [0, 0.05) is 13.2 Å². The zero-order chi connectivity index (χ0) is 25.4. The molecule has 0 amide bonds. The normalized spacial score (nSPS) is 11.8. The summed E-state index contributed by atoms with van der Waals surface area (Å²) in [6.45, 7) is 1.83. The Labute approximate surface area is 223 Å². The van der Waals surface area contributed by atoms with E-state index in [-0.39, 0.29) is 0 Å². The van der Waals surface area contributed by atoms with E-state index >= 15 is 0 Å². The molecule has 0 saturated carbocycles. The van der Waals surface area contributed by atoms with Gasteiger partial charge >= 0.3 is 0 Å². The summed E-state index contributed by atoms with van der Waals surface area (Å²) in [4.78, 5) is 0. The molecule has 4 aromatic rings. The molecule has 4 rings (SSSR count). The summed E-state index contributed by atoms with van der Waals surface area (Å²) in [5, 5.41) is 8.35.